The van der Waals surface area contributed by atoms with Crippen LogP contribution in [0.3, 0.4) is 0 Å². The molecule has 0 saturated heterocycles. The van der Waals surface area contributed by atoms with E-state index in [9.17, 15) is 9.90 Å². The number of aliphatic hydroxyl groups excluding tert-OH is 1. The molecule has 6 heteroatoms. The quantitative estimate of drug-likeness (QED) is 0.521. The lowest BCUT2D eigenvalue weighted by Gasteiger charge is -2.26. The fraction of sp³-hybridized carbons (Fsp3) is 0.381. The molecule has 3 atom stereocenters. The Bertz CT molecular complexity index is 990. The Labute approximate surface area is 158 Å². The standard InChI is InChI=1S/C21H26N4O2/c1-13(5-6-14-7-9-15(22)10-8-14)23-18-11-12-25-19-16(20(18)26)3-2-4-17(19)24-21(25)27/h2-4,7-10,13,18,20,23,26H,5-6,11-12,22H2,1H3,(H,24,27)/t13-,18-,20-/m1/s1. The highest BCUT2D eigenvalue weighted by molar-refractivity contribution is 5.79. The van der Waals surface area contributed by atoms with Gasteiger partial charge < -0.3 is 21.1 Å². The molecular weight excluding hydrogens is 340 g/mol. The summed E-state index contributed by atoms with van der Waals surface area (Å²) in [6.45, 7) is 2.73. The Kier molecular flexibility index (Phi) is 4.76. The molecule has 5 N–H and O–H groups in total. The molecule has 1 aromatic heterocycles. The summed E-state index contributed by atoms with van der Waals surface area (Å²) in [5.74, 6) is 0. The van der Waals surface area contributed by atoms with Crippen molar-refractivity contribution >= 4 is 16.7 Å². The largest absolute Gasteiger partial charge is 0.399 e. The number of nitrogens with one attached hydrogen (secondary N) is 2. The summed E-state index contributed by atoms with van der Waals surface area (Å²) >= 11 is 0. The minimum atomic E-state index is -0.642. The van der Waals surface area contributed by atoms with E-state index in [0.717, 1.165) is 35.1 Å². The van der Waals surface area contributed by atoms with E-state index >= 15 is 0 Å². The van der Waals surface area contributed by atoms with Crippen LogP contribution in [0.5, 0.6) is 0 Å². The van der Waals surface area contributed by atoms with Crippen LogP contribution in [0, 0.1) is 0 Å². The predicted octanol–water partition coefficient (Wildman–Crippen LogP) is 2.33. The highest BCUT2D eigenvalue weighted by atomic mass is 16.3. The van der Waals surface area contributed by atoms with Gasteiger partial charge in [-0.05, 0) is 49.9 Å². The van der Waals surface area contributed by atoms with Crippen molar-refractivity contribution in [3.05, 3.63) is 64.1 Å². The van der Waals surface area contributed by atoms with Gasteiger partial charge in [-0.15, -0.1) is 0 Å². The summed E-state index contributed by atoms with van der Waals surface area (Å²) in [4.78, 5) is 15.1. The smallest absolute Gasteiger partial charge is 0.326 e. The van der Waals surface area contributed by atoms with E-state index in [2.05, 4.69) is 29.4 Å². The SMILES string of the molecule is C[C@H](CCc1ccc(N)cc1)N[C@@H]1CCn2c(=O)[nH]c3cccc(c32)[C@H]1O. The molecule has 0 radical (unpaired) electrons. The third-order valence-corrected chi connectivity index (χ3v) is 5.53. The third kappa shape index (κ3) is 3.50. The maximum Gasteiger partial charge on any atom is 0.326 e. The minimum absolute atomic E-state index is 0.0867. The fourth-order valence-electron chi connectivity index (χ4n) is 4.03. The van der Waals surface area contributed by atoms with Crippen molar-refractivity contribution < 1.29 is 5.11 Å². The first-order valence-electron chi connectivity index (χ1n) is 9.53. The zero-order valence-corrected chi connectivity index (χ0v) is 15.5. The highest BCUT2D eigenvalue weighted by Crippen LogP contribution is 2.30. The van der Waals surface area contributed by atoms with Gasteiger partial charge in [0.05, 0.1) is 17.1 Å². The number of imidazole rings is 1. The molecule has 0 fully saturated rings. The van der Waals surface area contributed by atoms with E-state index in [4.69, 9.17) is 5.73 Å². The second-order valence-corrected chi connectivity index (χ2v) is 7.51. The number of aromatic nitrogens is 2. The predicted molar refractivity (Wildman–Crippen MR) is 108 cm³/mol. The molecule has 0 unspecified atom stereocenters. The van der Waals surface area contributed by atoms with Crippen LogP contribution < -0.4 is 16.7 Å². The van der Waals surface area contributed by atoms with Crippen molar-refractivity contribution in [1.82, 2.24) is 14.9 Å². The van der Waals surface area contributed by atoms with Gasteiger partial charge in [0, 0.05) is 29.9 Å². The first-order valence-corrected chi connectivity index (χ1v) is 9.53. The van der Waals surface area contributed by atoms with Gasteiger partial charge in [-0.2, -0.15) is 0 Å². The van der Waals surface area contributed by atoms with Crippen molar-refractivity contribution in [2.75, 3.05) is 5.73 Å². The van der Waals surface area contributed by atoms with E-state index < -0.39 is 6.10 Å². The molecule has 1 aliphatic rings. The molecule has 142 valence electrons. The number of anilines is 1. The average Bonchev–Trinajstić information content (AvgIpc) is 2.91. The number of benzene rings is 2. The topological polar surface area (TPSA) is 96.1 Å². The molecule has 0 aliphatic carbocycles. The van der Waals surface area contributed by atoms with E-state index in [1.54, 1.807) is 4.57 Å². The van der Waals surface area contributed by atoms with Gasteiger partial charge in [0.25, 0.3) is 0 Å². The van der Waals surface area contributed by atoms with Gasteiger partial charge in [-0.1, -0.05) is 24.3 Å². The molecule has 0 saturated carbocycles. The number of aryl methyl sites for hydroxylation is 2. The van der Waals surface area contributed by atoms with Crippen molar-refractivity contribution in [3.8, 4) is 0 Å². The molecule has 2 aromatic carbocycles. The lowest BCUT2D eigenvalue weighted by atomic mass is 9.98. The molecule has 27 heavy (non-hydrogen) atoms. The van der Waals surface area contributed by atoms with Crippen molar-refractivity contribution in [3.63, 3.8) is 0 Å². The molecule has 0 amide bonds. The van der Waals surface area contributed by atoms with Gasteiger partial charge in [0.2, 0.25) is 0 Å². The molecule has 3 aromatic rings. The second kappa shape index (κ2) is 7.21. The molecule has 1 aliphatic heterocycles. The monoisotopic (exact) mass is 366 g/mol. The van der Waals surface area contributed by atoms with Crippen LogP contribution >= 0.6 is 0 Å². The van der Waals surface area contributed by atoms with E-state index in [1.165, 1.54) is 5.56 Å². The van der Waals surface area contributed by atoms with Gasteiger partial charge in [0.15, 0.2) is 0 Å². The Morgan fingerprint density at radius 3 is 2.85 bits per heavy atom. The Morgan fingerprint density at radius 1 is 1.30 bits per heavy atom. The number of H-pyrrole nitrogens is 1. The van der Waals surface area contributed by atoms with E-state index in [0.29, 0.717) is 13.0 Å². The first kappa shape index (κ1) is 17.8. The normalized spacial score (nSPS) is 20.5. The molecule has 0 spiro atoms. The zero-order chi connectivity index (χ0) is 19.0. The summed E-state index contributed by atoms with van der Waals surface area (Å²) in [7, 11) is 0. The van der Waals surface area contributed by atoms with E-state index in [-0.39, 0.29) is 17.8 Å². The van der Waals surface area contributed by atoms with Crippen LogP contribution in [0.15, 0.2) is 47.3 Å². The van der Waals surface area contributed by atoms with Crippen LogP contribution in [0.25, 0.3) is 11.0 Å². The fourth-order valence-corrected chi connectivity index (χ4v) is 4.03. The number of para-hydroxylation sites is 1. The van der Waals surface area contributed by atoms with Crippen LogP contribution in [0.1, 0.15) is 37.0 Å². The Hall–Kier alpha value is -2.57. The number of aromatic amines is 1. The Balaban J connectivity index is 1.46. The molecule has 4 rings (SSSR count). The first-order chi connectivity index (χ1) is 13.0. The second-order valence-electron chi connectivity index (χ2n) is 7.51. The van der Waals surface area contributed by atoms with Gasteiger partial charge in [-0.25, -0.2) is 4.79 Å². The van der Waals surface area contributed by atoms with Gasteiger partial charge >= 0.3 is 5.69 Å². The summed E-state index contributed by atoms with van der Waals surface area (Å²) in [5, 5.41) is 14.6. The Morgan fingerprint density at radius 2 is 2.07 bits per heavy atom. The van der Waals surface area contributed by atoms with Crippen LogP contribution in [0.4, 0.5) is 5.69 Å². The lowest BCUT2D eigenvalue weighted by Crippen LogP contribution is -2.41. The summed E-state index contributed by atoms with van der Waals surface area (Å²) in [6, 6.07) is 13.8. The zero-order valence-electron chi connectivity index (χ0n) is 15.5. The number of nitrogens with zero attached hydrogens (tertiary/aromatic N) is 1. The average molecular weight is 366 g/mol. The third-order valence-electron chi connectivity index (χ3n) is 5.53. The van der Waals surface area contributed by atoms with Gasteiger partial charge in [0.1, 0.15) is 0 Å². The number of aliphatic hydroxyl groups is 1. The van der Waals surface area contributed by atoms with E-state index in [1.807, 2.05) is 30.3 Å². The molecular formula is C21H26N4O2. The summed E-state index contributed by atoms with van der Waals surface area (Å²) in [6.07, 6.45) is 1.97. The molecule has 6 nitrogen and oxygen atoms in total. The van der Waals surface area contributed by atoms with Gasteiger partial charge in [-0.3, -0.25) is 4.57 Å². The van der Waals surface area contributed by atoms with Crippen molar-refractivity contribution in [2.24, 2.45) is 0 Å². The number of rotatable bonds is 5. The summed E-state index contributed by atoms with van der Waals surface area (Å²) < 4.78 is 1.74. The molecule has 0 bridgehead atoms. The maximum absolute atomic E-state index is 12.2. The minimum Gasteiger partial charge on any atom is -0.399 e. The van der Waals surface area contributed by atoms with Crippen molar-refractivity contribution in [2.45, 2.75) is 50.9 Å². The highest BCUT2D eigenvalue weighted by Gasteiger charge is 2.29. The lowest BCUT2D eigenvalue weighted by molar-refractivity contribution is 0.119. The number of nitrogen functional groups attached to an aromatic ring is 1. The number of hydrogen-bond donors (Lipinski definition) is 4. The van der Waals surface area contributed by atoms with Crippen LogP contribution in [-0.2, 0) is 13.0 Å². The molecule has 2 heterocycles. The number of nitrogens with two attached hydrogens (primary N) is 1. The van der Waals surface area contributed by atoms with Crippen molar-refractivity contribution in [1.29, 1.82) is 0 Å². The summed E-state index contributed by atoms with van der Waals surface area (Å²) in [5.41, 5.74) is 10.1. The maximum atomic E-state index is 12.2. The number of hydrogen-bond acceptors (Lipinski definition) is 4. The van der Waals surface area contributed by atoms with Crippen LogP contribution in [0.2, 0.25) is 0 Å². The van der Waals surface area contributed by atoms with Crippen LogP contribution in [-0.4, -0.2) is 26.7 Å².